The van der Waals surface area contributed by atoms with Crippen LogP contribution in [0.25, 0.3) is 0 Å². The average molecular weight is 648 g/mol. The van der Waals surface area contributed by atoms with Crippen LogP contribution in [0.1, 0.15) is 67.2 Å². The Balaban J connectivity index is 1.52. The number of aliphatic carboxylic acids is 2. The van der Waals surface area contributed by atoms with E-state index in [1.807, 2.05) is 44.2 Å². The lowest BCUT2D eigenvalue weighted by molar-refractivity contribution is -0.136. The predicted molar refractivity (Wildman–Crippen MR) is 172 cm³/mol. The van der Waals surface area contributed by atoms with Crippen LogP contribution in [0.5, 0.6) is 11.5 Å². The summed E-state index contributed by atoms with van der Waals surface area (Å²) in [4.78, 5) is 56.3. The van der Waals surface area contributed by atoms with Gasteiger partial charge < -0.3 is 31.1 Å². The van der Waals surface area contributed by atoms with Crippen molar-refractivity contribution < 1.29 is 39.6 Å². The number of pyridine rings is 1. The number of fused-ring (bicyclic) bond motifs is 2. The van der Waals surface area contributed by atoms with Crippen LogP contribution in [-0.4, -0.2) is 91.7 Å². The molecule has 0 aliphatic carbocycles. The number of aromatic hydroxyl groups is 2. The lowest BCUT2D eigenvalue weighted by Gasteiger charge is -2.27. The molecule has 3 aromatic rings. The number of hydrogen-bond acceptors (Lipinski definition) is 9. The number of nitrogens with zero attached hydrogens (tertiary/aromatic N) is 3. The Labute approximate surface area is 272 Å². The molecular weight excluding hydrogens is 606 g/mol. The van der Waals surface area contributed by atoms with Gasteiger partial charge in [0, 0.05) is 49.4 Å². The molecule has 0 atom stereocenters. The van der Waals surface area contributed by atoms with Crippen LogP contribution in [0, 0.1) is 13.8 Å². The van der Waals surface area contributed by atoms with Crippen molar-refractivity contribution in [3.8, 4) is 11.5 Å². The molecule has 6 N–H and O–H groups in total. The molecule has 1 aliphatic rings. The second-order valence-corrected chi connectivity index (χ2v) is 11.9. The van der Waals surface area contributed by atoms with E-state index >= 15 is 0 Å². The molecule has 4 rings (SSSR count). The summed E-state index contributed by atoms with van der Waals surface area (Å²) in [5, 5.41) is 44.5. The fourth-order valence-electron chi connectivity index (χ4n) is 5.69. The number of carbonyl (C=O) groups is 4. The summed E-state index contributed by atoms with van der Waals surface area (Å²) >= 11 is 0. The quantitative estimate of drug-likeness (QED) is 0.190. The van der Waals surface area contributed by atoms with Gasteiger partial charge in [-0.1, -0.05) is 18.2 Å². The zero-order chi connectivity index (χ0) is 34.1. The molecule has 0 fully saturated rings. The Bertz CT molecular complexity index is 1640. The van der Waals surface area contributed by atoms with Crippen LogP contribution in [0.2, 0.25) is 0 Å². The number of phenols is 2. The Kier molecular flexibility index (Phi) is 11.9. The topological polar surface area (TPSA) is 193 Å². The van der Waals surface area contributed by atoms with E-state index in [9.17, 15) is 29.4 Å². The summed E-state index contributed by atoms with van der Waals surface area (Å²) in [7, 11) is 0. The number of carboxylic acid groups (broad SMARTS) is 2. The van der Waals surface area contributed by atoms with E-state index in [4.69, 9.17) is 15.2 Å². The lowest BCUT2D eigenvalue weighted by atomic mass is 10.0. The van der Waals surface area contributed by atoms with Gasteiger partial charge in [-0.2, -0.15) is 0 Å². The van der Waals surface area contributed by atoms with Crippen molar-refractivity contribution in [2.24, 2.45) is 0 Å². The summed E-state index contributed by atoms with van der Waals surface area (Å²) in [6, 6.07) is 12.6. The fraction of sp³-hybridized carbons (Fsp3) is 0.382. The maximum absolute atomic E-state index is 12.6. The minimum Gasteiger partial charge on any atom is -0.507 e. The molecule has 250 valence electrons. The van der Waals surface area contributed by atoms with E-state index in [0.29, 0.717) is 56.8 Å². The van der Waals surface area contributed by atoms with Crippen molar-refractivity contribution in [1.29, 1.82) is 0 Å². The van der Waals surface area contributed by atoms with Crippen LogP contribution >= 0.6 is 0 Å². The number of rotatable bonds is 10. The number of amides is 2. The van der Waals surface area contributed by atoms with Crippen LogP contribution in [0.4, 0.5) is 0 Å². The third-order valence-corrected chi connectivity index (χ3v) is 7.88. The molecule has 1 aliphatic heterocycles. The molecule has 0 radical (unpaired) electrons. The van der Waals surface area contributed by atoms with Gasteiger partial charge in [0.15, 0.2) is 0 Å². The van der Waals surface area contributed by atoms with E-state index in [0.717, 1.165) is 35.4 Å². The summed E-state index contributed by atoms with van der Waals surface area (Å²) in [5.74, 6) is -4.04. The highest BCUT2D eigenvalue weighted by Crippen LogP contribution is 2.28. The Morgan fingerprint density at radius 2 is 1.21 bits per heavy atom. The van der Waals surface area contributed by atoms with Gasteiger partial charge in [0.1, 0.15) is 24.6 Å². The lowest BCUT2D eigenvalue weighted by Crippen LogP contribution is -2.31. The molecule has 2 heterocycles. The molecule has 0 unspecified atom stereocenters. The van der Waals surface area contributed by atoms with Crippen LogP contribution in [0.15, 0.2) is 42.5 Å². The van der Waals surface area contributed by atoms with Gasteiger partial charge in [-0.3, -0.25) is 34.0 Å². The molecule has 13 nitrogen and oxygen atoms in total. The first-order valence-corrected chi connectivity index (χ1v) is 15.4. The standard InChI is InChI=1S/C34H41N5O8/c1-21-12-23(31(44)27(14-21)33(46)35-16-29(40)41)18-38-9-3-4-10-39(20-26-7-5-6-25(37-26)8-11-38)19-24-13-22(2)15-28(32(24)45)34(47)36-17-30(42)43/h5-7,12-15,44-45H,3-4,8-11,16-20H2,1-2H3,(H,35,46)(H,36,47)(H,40,41)(H,42,43). The van der Waals surface area contributed by atoms with Crippen molar-refractivity contribution >= 4 is 23.8 Å². The summed E-state index contributed by atoms with van der Waals surface area (Å²) < 4.78 is 0. The number of aryl methyl sites for hydroxylation is 2. The largest absolute Gasteiger partial charge is 0.507 e. The number of carboxylic acids is 2. The number of nitrogens with one attached hydrogen (secondary N) is 2. The Morgan fingerprint density at radius 3 is 1.74 bits per heavy atom. The fourth-order valence-corrected chi connectivity index (χ4v) is 5.69. The molecular formula is C34H41N5O8. The number of carbonyl (C=O) groups excluding carboxylic acids is 2. The highest BCUT2D eigenvalue weighted by atomic mass is 16.4. The maximum atomic E-state index is 12.6. The molecule has 0 saturated heterocycles. The molecule has 2 bridgehead atoms. The maximum Gasteiger partial charge on any atom is 0.322 e. The van der Waals surface area contributed by atoms with Crippen molar-refractivity contribution in [3.05, 3.63) is 87.2 Å². The molecule has 2 aromatic carbocycles. The monoisotopic (exact) mass is 647 g/mol. The smallest absolute Gasteiger partial charge is 0.322 e. The SMILES string of the molecule is Cc1cc(CN2CCCCN(Cc3cc(C)cc(C(=O)NCC(=O)O)c3O)Cc3cccc(n3)CC2)c(O)c(C(=O)NCC(=O)O)c1. The van der Waals surface area contributed by atoms with Gasteiger partial charge in [-0.05, 0) is 75.2 Å². The van der Waals surface area contributed by atoms with Crippen molar-refractivity contribution in [2.75, 3.05) is 32.7 Å². The zero-order valence-electron chi connectivity index (χ0n) is 26.6. The minimum absolute atomic E-state index is 0.0216. The van der Waals surface area contributed by atoms with Crippen LogP contribution in [-0.2, 0) is 35.6 Å². The minimum atomic E-state index is -1.18. The van der Waals surface area contributed by atoms with Gasteiger partial charge in [-0.25, -0.2) is 0 Å². The van der Waals surface area contributed by atoms with Crippen LogP contribution in [0.3, 0.4) is 0 Å². The second-order valence-electron chi connectivity index (χ2n) is 11.9. The van der Waals surface area contributed by atoms with E-state index in [-0.39, 0.29) is 22.6 Å². The molecule has 13 heteroatoms. The van der Waals surface area contributed by atoms with Crippen LogP contribution < -0.4 is 10.6 Å². The Morgan fingerprint density at radius 1 is 0.723 bits per heavy atom. The first-order chi connectivity index (χ1) is 22.4. The van der Waals surface area contributed by atoms with Gasteiger partial charge in [0.2, 0.25) is 0 Å². The second kappa shape index (κ2) is 16.0. The van der Waals surface area contributed by atoms with Gasteiger partial charge in [-0.15, -0.1) is 0 Å². The van der Waals surface area contributed by atoms with Crippen molar-refractivity contribution in [3.63, 3.8) is 0 Å². The number of aromatic nitrogens is 1. The molecule has 1 aromatic heterocycles. The Hall–Kier alpha value is -5.01. The summed E-state index contributed by atoms with van der Waals surface area (Å²) in [5.41, 5.74) is 4.44. The number of benzene rings is 2. The summed E-state index contributed by atoms with van der Waals surface area (Å²) in [6.07, 6.45) is 2.27. The van der Waals surface area contributed by atoms with Gasteiger partial charge >= 0.3 is 11.9 Å². The number of hydrogen-bond donors (Lipinski definition) is 6. The van der Waals surface area contributed by atoms with Gasteiger partial charge in [0.25, 0.3) is 11.8 Å². The molecule has 2 amide bonds. The first-order valence-electron chi connectivity index (χ1n) is 15.4. The van der Waals surface area contributed by atoms with E-state index in [2.05, 4.69) is 20.4 Å². The average Bonchev–Trinajstić information content (AvgIpc) is 3.01. The number of phenolic OH excluding ortho intramolecular Hbond substituents is 2. The summed E-state index contributed by atoms with van der Waals surface area (Å²) in [6.45, 7) is 5.78. The molecule has 47 heavy (non-hydrogen) atoms. The third-order valence-electron chi connectivity index (χ3n) is 7.88. The molecule has 0 spiro atoms. The highest BCUT2D eigenvalue weighted by Gasteiger charge is 2.21. The normalized spacial score (nSPS) is 14.4. The molecule has 0 saturated carbocycles. The first kappa shape index (κ1) is 34.9. The van der Waals surface area contributed by atoms with Crippen molar-refractivity contribution in [1.82, 2.24) is 25.4 Å². The third kappa shape index (κ3) is 9.99. The van der Waals surface area contributed by atoms with E-state index in [1.165, 1.54) is 12.1 Å². The highest BCUT2D eigenvalue weighted by molar-refractivity contribution is 5.99. The zero-order valence-corrected chi connectivity index (χ0v) is 26.6. The van der Waals surface area contributed by atoms with E-state index < -0.39 is 36.8 Å². The van der Waals surface area contributed by atoms with E-state index in [1.54, 1.807) is 0 Å². The predicted octanol–water partition coefficient (Wildman–Crippen LogP) is 2.58. The van der Waals surface area contributed by atoms with Gasteiger partial charge in [0.05, 0.1) is 16.8 Å². The van der Waals surface area contributed by atoms with Crippen molar-refractivity contribution in [2.45, 2.75) is 52.7 Å².